The van der Waals surface area contributed by atoms with Gasteiger partial charge < -0.3 is 10.1 Å². The summed E-state index contributed by atoms with van der Waals surface area (Å²) in [4.78, 5) is 11.5. The third-order valence-corrected chi connectivity index (χ3v) is 2.32. The van der Waals surface area contributed by atoms with E-state index in [1.807, 2.05) is 0 Å². The molecule has 0 bridgehead atoms. The molecule has 3 nitrogen and oxygen atoms in total. The number of rotatable bonds is 7. The average Bonchev–Trinajstić information content (AvgIpc) is 2.36. The van der Waals surface area contributed by atoms with Crippen molar-refractivity contribution in [1.29, 1.82) is 0 Å². The van der Waals surface area contributed by atoms with Gasteiger partial charge in [0.25, 0.3) is 5.91 Å². The zero-order valence-electron chi connectivity index (χ0n) is 9.72. The van der Waals surface area contributed by atoms with Crippen LogP contribution in [0.15, 0.2) is 18.2 Å². The predicted octanol–water partition coefficient (Wildman–Crippen LogP) is 2.34. The molecule has 0 atom stereocenters. The summed E-state index contributed by atoms with van der Waals surface area (Å²) in [6.45, 7) is 1.24. The first kappa shape index (κ1) is 14.9. The van der Waals surface area contributed by atoms with Crippen LogP contribution in [-0.4, -0.2) is 31.5 Å². The summed E-state index contributed by atoms with van der Waals surface area (Å²) in [6.07, 6.45) is 0.583. The van der Waals surface area contributed by atoms with Gasteiger partial charge in [0.15, 0.2) is 11.6 Å². The molecule has 1 amide bonds. The van der Waals surface area contributed by atoms with Crippen LogP contribution in [-0.2, 0) is 4.74 Å². The molecule has 0 aliphatic heterocycles. The Morgan fingerprint density at radius 1 is 1.33 bits per heavy atom. The molecule has 0 aromatic heterocycles. The number of hydrogen-bond donors (Lipinski definition) is 1. The van der Waals surface area contributed by atoms with Crippen LogP contribution in [0.25, 0.3) is 0 Å². The lowest BCUT2D eigenvalue weighted by atomic mass is 10.2. The Balaban J connectivity index is 2.35. The van der Waals surface area contributed by atoms with Crippen molar-refractivity contribution in [3.63, 3.8) is 0 Å². The van der Waals surface area contributed by atoms with Crippen LogP contribution in [0.1, 0.15) is 16.8 Å². The first-order valence-electron chi connectivity index (χ1n) is 5.52. The van der Waals surface area contributed by atoms with Crippen molar-refractivity contribution in [2.45, 2.75) is 6.42 Å². The minimum atomic E-state index is -1.13. The molecule has 0 aliphatic carbocycles. The molecule has 1 rings (SSSR count). The number of carbonyl (C=O) groups is 1. The van der Waals surface area contributed by atoms with E-state index in [0.29, 0.717) is 32.1 Å². The number of nitrogens with one attached hydrogen (secondary N) is 1. The van der Waals surface area contributed by atoms with E-state index >= 15 is 0 Å². The number of hydrogen-bond acceptors (Lipinski definition) is 2. The number of benzene rings is 1. The Kier molecular flexibility index (Phi) is 6.60. The number of carbonyl (C=O) groups excluding carboxylic acids is 1. The molecule has 0 spiro atoms. The monoisotopic (exact) mass is 277 g/mol. The quantitative estimate of drug-likeness (QED) is 0.614. The maximum Gasteiger partial charge on any atom is 0.254 e. The van der Waals surface area contributed by atoms with Crippen molar-refractivity contribution in [2.24, 2.45) is 0 Å². The lowest BCUT2D eigenvalue weighted by molar-refractivity contribution is 0.0939. The van der Waals surface area contributed by atoms with E-state index in [9.17, 15) is 13.6 Å². The summed E-state index contributed by atoms with van der Waals surface area (Å²) < 4.78 is 31.2. The lowest BCUT2D eigenvalue weighted by Gasteiger charge is -2.06. The van der Waals surface area contributed by atoms with Crippen LogP contribution in [0.2, 0.25) is 0 Å². The van der Waals surface area contributed by atoms with Crippen LogP contribution >= 0.6 is 11.6 Å². The van der Waals surface area contributed by atoms with Crippen LogP contribution in [0.4, 0.5) is 8.78 Å². The molecular formula is C12H14ClF2NO2. The summed E-state index contributed by atoms with van der Waals surface area (Å²) in [7, 11) is 0. The fourth-order valence-electron chi connectivity index (χ4n) is 1.31. The number of amides is 1. The van der Waals surface area contributed by atoms with E-state index in [1.54, 1.807) is 0 Å². The van der Waals surface area contributed by atoms with Crippen molar-refractivity contribution in [1.82, 2.24) is 5.32 Å². The Labute approximate surface area is 109 Å². The smallest absolute Gasteiger partial charge is 0.254 e. The standard InChI is InChI=1S/C12H14ClF2NO2/c13-5-8-18-7-2-6-16-12(17)9-3-1-4-10(14)11(9)15/h1,3-4H,2,5-8H2,(H,16,17). The van der Waals surface area contributed by atoms with Gasteiger partial charge in [0.2, 0.25) is 0 Å². The second kappa shape index (κ2) is 8.00. The fraction of sp³-hybridized carbons (Fsp3) is 0.417. The summed E-state index contributed by atoms with van der Waals surface area (Å²) >= 11 is 5.41. The minimum Gasteiger partial charge on any atom is -0.380 e. The molecule has 0 heterocycles. The summed E-state index contributed by atoms with van der Waals surface area (Å²) in [5, 5.41) is 2.49. The van der Waals surface area contributed by atoms with Gasteiger partial charge in [-0.2, -0.15) is 0 Å². The van der Waals surface area contributed by atoms with E-state index in [0.717, 1.165) is 6.07 Å². The fourth-order valence-corrected chi connectivity index (χ4v) is 1.42. The normalized spacial score (nSPS) is 10.4. The van der Waals surface area contributed by atoms with Crippen molar-refractivity contribution < 1.29 is 18.3 Å². The third-order valence-electron chi connectivity index (χ3n) is 2.17. The van der Waals surface area contributed by atoms with Gasteiger partial charge in [0, 0.05) is 19.0 Å². The van der Waals surface area contributed by atoms with E-state index in [-0.39, 0.29) is 5.56 Å². The molecule has 0 unspecified atom stereocenters. The first-order valence-corrected chi connectivity index (χ1v) is 6.06. The van der Waals surface area contributed by atoms with Crippen LogP contribution in [0.5, 0.6) is 0 Å². The molecule has 6 heteroatoms. The maximum atomic E-state index is 13.3. The molecule has 1 aromatic carbocycles. The number of ether oxygens (including phenoxy) is 1. The van der Waals surface area contributed by atoms with Gasteiger partial charge in [0.05, 0.1) is 12.2 Å². The maximum absolute atomic E-state index is 13.3. The second-order valence-corrected chi connectivity index (χ2v) is 3.89. The van der Waals surface area contributed by atoms with Crippen LogP contribution in [0.3, 0.4) is 0 Å². The molecule has 18 heavy (non-hydrogen) atoms. The summed E-state index contributed by atoms with van der Waals surface area (Å²) in [5.41, 5.74) is -0.295. The zero-order chi connectivity index (χ0) is 13.4. The summed E-state index contributed by atoms with van der Waals surface area (Å²) in [5.74, 6) is -2.38. The van der Waals surface area contributed by atoms with Gasteiger partial charge in [-0.1, -0.05) is 6.07 Å². The van der Waals surface area contributed by atoms with Gasteiger partial charge in [-0.25, -0.2) is 8.78 Å². The van der Waals surface area contributed by atoms with Crippen LogP contribution in [0, 0.1) is 11.6 Å². The molecule has 0 saturated carbocycles. The highest BCUT2D eigenvalue weighted by atomic mass is 35.5. The summed E-state index contributed by atoms with van der Waals surface area (Å²) in [6, 6.07) is 3.49. The van der Waals surface area contributed by atoms with Gasteiger partial charge >= 0.3 is 0 Å². The topological polar surface area (TPSA) is 38.3 Å². The molecule has 0 saturated heterocycles. The molecule has 1 aromatic rings. The highest BCUT2D eigenvalue weighted by Crippen LogP contribution is 2.10. The third kappa shape index (κ3) is 4.58. The largest absolute Gasteiger partial charge is 0.380 e. The molecule has 0 fully saturated rings. The average molecular weight is 278 g/mol. The van der Waals surface area contributed by atoms with Crippen molar-refractivity contribution in [3.8, 4) is 0 Å². The second-order valence-electron chi connectivity index (χ2n) is 3.51. The molecule has 0 radical (unpaired) electrons. The van der Waals surface area contributed by atoms with Crippen LogP contribution < -0.4 is 5.32 Å². The van der Waals surface area contributed by atoms with Crippen molar-refractivity contribution in [3.05, 3.63) is 35.4 Å². The van der Waals surface area contributed by atoms with Gasteiger partial charge in [-0.15, -0.1) is 11.6 Å². The highest BCUT2D eigenvalue weighted by Gasteiger charge is 2.14. The molecule has 1 N–H and O–H groups in total. The Hall–Kier alpha value is -1.20. The van der Waals surface area contributed by atoms with E-state index in [4.69, 9.17) is 16.3 Å². The first-order chi connectivity index (χ1) is 8.66. The minimum absolute atomic E-state index is 0.295. The zero-order valence-corrected chi connectivity index (χ0v) is 10.5. The van der Waals surface area contributed by atoms with Gasteiger partial charge in [0.1, 0.15) is 0 Å². The van der Waals surface area contributed by atoms with E-state index in [2.05, 4.69) is 5.32 Å². The number of alkyl halides is 1. The molecule has 0 aliphatic rings. The van der Waals surface area contributed by atoms with Gasteiger partial charge in [-0.05, 0) is 18.6 Å². The van der Waals surface area contributed by atoms with Crippen molar-refractivity contribution >= 4 is 17.5 Å². The highest BCUT2D eigenvalue weighted by molar-refractivity contribution is 6.17. The Morgan fingerprint density at radius 3 is 2.83 bits per heavy atom. The Morgan fingerprint density at radius 2 is 2.11 bits per heavy atom. The SMILES string of the molecule is O=C(NCCCOCCCl)c1cccc(F)c1F. The molecular weight excluding hydrogens is 264 g/mol. The Bertz CT molecular complexity index is 402. The van der Waals surface area contributed by atoms with E-state index < -0.39 is 17.5 Å². The van der Waals surface area contributed by atoms with Gasteiger partial charge in [-0.3, -0.25) is 4.79 Å². The lowest BCUT2D eigenvalue weighted by Crippen LogP contribution is -2.26. The van der Waals surface area contributed by atoms with E-state index in [1.165, 1.54) is 12.1 Å². The number of halogens is 3. The molecule has 100 valence electrons. The predicted molar refractivity (Wildman–Crippen MR) is 64.8 cm³/mol. The van der Waals surface area contributed by atoms with Crippen molar-refractivity contribution in [2.75, 3.05) is 25.6 Å².